The van der Waals surface area contributed by atoms with Crippen LogP contribution in [0, 0.1) is 0 Å². The second-order valence-corrected chi connectivity index (χ2v) is 23.4. The Morgan fingerprint density at radius 3 is 1.84 bits per heavy atom. The van der Waals surface area contributed by atoms with Crippen LogP contribution >= 0.6 is 0 Å². The van der Waals surface area contributed by atoms with Gasteiger partial charge in [0, 0.05) is 17.8 Å². The zero-order chi connectivity index (χ0) is 28.5. The molecule has 1 N–H and O–H groups in total. The van der Waals surface area contributed by atoms with Gasteiger partial charge in [0.2, 0.25) is 16.6 Å². The van der Waals surface area contributed by atoms with Crippen molar-refractivity contribution < 1.29 is 18.8 Å². The van der Waals surface area contributed by atoms with Gasteiger partial charge in [-0.1, -0.05) is 65.8 Å². The van der Waals surface area contributed by atoms with E-state index in [2.05, 4.69) is 85.9 Å². The molecule has 210 valence electrons. The molecule has 1 aliphatic rings. The molecule has 1 aliphatic carbocycles. The fourth-order valence-electron chi connectivity index (χ4n) is 4.59. The first-order valence-corrected chi connectivity index (χ1v) is 19.8. The number of nitrogens with zero attached hydrogens (tertiary/aromatic N) is 1. The van der Waals surface area contributed by atoms with Crippen LogP contribution in [0.3, 0.4) is 0 Å². The van der Waals surface area contributed by atoms with Crippen LogP contribution in [0.25, 0.3) is 0 Å². The van der Waals surface area contributed by atoms with E-state index in [-0.39, 0.29) is 16.1 Å². The van der Waals surface area contributed by atoms with Crippen molar-refractivity contribution in [1.29, 1.82) is 0 Å². The summed E-state index contributed by atoms with van der Waals surface area (Å²) in [5, 5.41) is 10.2. The Morgan fingerprint density at radius 1 is 0.816 bits per heavy atom. The van der Waals surface area contributed by atoms with E-state index < -0.39 is 22.7 Å². The molecule has 2 aromatic rings. The third kappa shape index (κ3) is 6.84. The molecule has 1 fully saturated rings. The molecule has 5 nitrogen and oxygen atoms in total. The van der Waals surface area contributed by atoms with Crippen LogP contribution in [0.15, 0.2) is 48.5 Å². The van der Waals surface area contributed by atoms with Crippen molar-refractivity contribution in [3.63, 3.8) is 0 Å². The lowest BCUT2D eigenvalue weighted by molar-refractivity contribution is 0.195. The normalized spacial score (nSPS) is 19.1. The largest absolute Gasteiger partial charge is 0.543 e. The highest BCUT2D eigenvalue weighted by Gasteiger charge is 2.41. The van der Waals surface area contributed by atoms with Crippen LogP contribution in [0.5, 0.6) is 11.5 Å². The van der Waals surface area contributed by atoms with E-state index in [1.807, 2.05) is 30.3 Å². The van der Waals surface area contributed by atoms with Gasteiger partial charge in [0.25, 0.3) is 0 Å². The number of hydrogen-bond acceptors (Lipinski definition) is 3. The number of rotatable bonds is 7. The third-order valence-electron chi connectivity index (χ3n) is 9.08. The predicted octanol–water partition coefficient (Wildman–Crippen LogP) is 9.67. The minimum Gasteiger partial charge on any atom is -0.543 e. The summed E-state index contributed by atoms with van der Waals surface area (Å²) in [5.41, 5.74) is 1.98. The monoisotopic (exact) mass is 555 g/mol. The topological polar surface area (TPSA) is 59.0 Å². The van der Waals surface area contributed by atoms with Gasteiger partial charge >= 0.3 is 6.09 Å². The van der Waals surface area contributed by atoms with Crippen molar-refractivity contribution in [1.82, 2.24) is 0 Å². The molecule has 0 aromatic heterocycles. The van der Waals surface area contributed by atoms with Gasteiger partial charge in [-0.25, -0.2) is 4.79 Å². The number of carbonyl (C=O) groups is 1. The van der Waals surface area contributed by atoms with Crippen molar-refractivity contribution in [2.45, 2.75) is 115 Å². The van der Waals surface area contributed by atoms with Crippen LogP contribution in [0.4, 0.5) is 10.5 Å². The van der Waals surface area contributed by atoms with Gasteiger partial charge in [-0.05, 0) is 91.6 Å². The molecule has 0 aliphatic heterocycles. The lowest BCUT2D eigenvalue weighted by atomic mass is 9.81. The highest BCUT2D eigenvalue weighted by molar-refractivity contribution is 6.75. The van der Waals surface area contributed by atoms with Gasteiger partial charge in [-0.3, -0.25) is 4.90 Å². The number of hydrogen-bond donors (Lipinski definition) is 1. The molecule has 0 saturated heterocycles. The Hall–Kier alpha value is -2.26. The zero-order valence-corrected chi connectivity index (χ0v) is 27.2. The standard InChI is InChI=1S/C31H49NO4Si2/c1-30(2,3)37(7,8)35-26-20-21-27(28(22-26)36-38(9,10)31(4,5)6)23-16-18-25(19-17-23)32(29(33)34)24-14-12-11-13-15-24/h11-15,20-23,25H,16-19H2,1-10H3,(H,33,34). The molecule has 1 amide bonds. The van der Waals surface area contributed by atoms with Crippen LogP contribution < -0.4 is 13.8 Å². The zero-order valence-electron chi connectivity index (χ0n) is 25.2. The van der Waals surface area contributed by atoms with Crippen molar-refractivity contribution in [3.05, 3.63) is 54.1 Å². The summed E-state index contributed by atoms with van der Waals surface area (Å²) in [6.07, 6.45) is 2.63. The minimum absolute atomic E-state index is 0.0166. The summed E-state index contributed by atoms with van der Waals surface area (Å²) in [4.78, 5) is 13.7. The second-order valence-electron chi connectivity index (χ2n) is 13.9. The molecule has 0 bridgehead atoms. The molecular weight excluding hydrogens is 507 g/mol. The smallest absolute Gasteiger partial charge is 0.412 e. The van der Waals surface area contributed by atoms with Crippen molar-refractivity contribution in [2.75, 3.05) is 4.90 Å². The molecule has 0 unspecified atom stereocenters. The number of para-hydroxylation sites is 1. The average Bonchev–Trinajstić information content (AvgIpc) is 2.78. The molecule has 2 aromatic carbocycles. The molecular formula is C31H49NO4Si2. The Labute approximate surface area is 232 Å². The van der Waals surface area contributed by atoms with Crippen LogP contribution in [0.2, 0.25) is 36.3 Å². The van der Waals surface area contributed by atoms with Crippen molar-refractivity contribution in [3.8, 4) is 11.5 Å². The number of benzene rings is 2. The number of amides is 1. The highest BCUT2D eigenvalue weighted by Crippen LogP contribution is 2.45. The predicted molar refractivity (Wildman–Crippen MR) is 164 cm³/mol. The quantitative estimate of drug-likeness (QED) is 0.345. The summed E-state index contributed by atoms with van der Waals surface area (Å²) >= 11 is 0. The Kier molecular flexibility index (Phi) is 8.83. The maximum Gasteiger partial charge on any atom is 0.412 e. The Balaban J connectivity index is 1.89. The summed E-state index contributed by atoms with van der Waals surface area (Å²) in [7, 11) is -4.07. The summed E-state index contributed by atoms with van der Waals surface area (Å²) in [5.74, 6) is 2.18. The Morgan fingerprint density at radius 2 is 1.34 bits per heavy atom. The van der Waals surface area contributed by atoms with Gasteiger partial charge in [-0.2, -0.15) is 0 Å². The SMILES string of the molecule is CC(C)(C)[Si](C)(C)Oc1ccc(C2CCC(N(C(=O)O)c3ccccc3)CC2)c(O[Si](C)(C)C(C)(C)C)c1. The molecule has 38 heavy (non-hydrogen) atoms. The van der Waals surface area contributed by atoms with E-state index in [0.717, 1.165) is 42.9 Å². The highest BCUT2D eigenvalue weighted by atomic mass is 28.4. The molecule has 0 atom stereocenters. The van der Waals surface area contributed by atoms with Gasteiger partial charge in [0.1, 0.15) is 11.5 Å². The van der Waals surface area contributed by atoms with E-state index in [1.54, 1.807) is 4.90 Å². The fourth-order valence-corrected chi connectivity index (χ4v) is 6.65. The first-order valence-electron chi connectivity index (χ1n) is 14.0. The van der Waals surface area contributed by atoms with Crippen LogP contribution in [0.1, 0.15) is 78.7 Å². The van der Waals surface area contributed by atoms with Gasteiger partial charge in [0.05, 0.1) is 0 Å². The van der Waals surface area contributed by atoms with Crippen LogP contribution in [-0.4, -0.2) is 33.9 Å². The summed E-state index contributed by atoms with van der Waals surface area (Å²) in [6.45, 7) is 22.7. The lowest BCUT2D eigenvalue weighted by Gasteiger charge is -2.40. The molecule has 1 saturated carbocycles. The first kappa shape index (κ1) is 30.3. The van der Waals surface area contributed by atoms with Gasteiger partial charge in [0.15, 0.2) is 0 Å². The molecule has 0 spiro atoms. The van der Waals surface area contributed by atoms with Gasteiger partial charge < -0.3 is 14.0 Å². The molecule has 3 rings (SSSR count). The van der Waals surface area contributed by atoms with Crippen LogP contribution in [-0.2, 0) is 0 Å². The maximum absolute atomic E-state index is 12.2. The van der Waals surface area contributed by atoms with E-state index in [4.69, 9.17) is 8.85 Å². The minimum atomic E-state index is -2.08. The van der Waals surface area contributed by atoms with Crippen molar-refractivity contribution in [2.24, 2.45) is 0 Å². The van der Waals surface area contributed by atoms with Crippen molar-refractivity contribution >= 4 is 28.4 Å². The number of carboxylic acid groups (broad SMARTS) is 1. The van der Waals surface area contributed by atoms with Gasteiger partial charge in [-0.15, -0.1) is 0 Å². The van der Waals surface area contributed by atoms with E-state index >= 15 is 0 Å². The number of anilines is 1. The second kappa shape index (κ2) is 11.1. The van der Waals surface area contributed by atoms with E-state index in [9.17, 15) is 9.90 Å². The van der Waals surface area contributed by atoms with E-state index in [1.165, 1.54) is 5.56 Å². The lowest BCUT2D eigenvalue weighted by Crippen LogP contribution is -2.45. The first-order chi connectivity index (χ1) is 17.4. The third-order valence-corrected chi connectivity index (χ3v) is 17.8. The average molecular weight is 556 g/mol. The summed E-state index contributed by atoms with van der Waals surface area (Å²) < 4.78 is 13.6. The molecule has 0 radical (unpaired) electrons. The molecule has 0 heterocycles. The Bertz CT molecular complexity index is 1100. The maximum atomic E-state index is 12.2. The fraction of sp³-hybridized carbons (Fsp3) is 0.581. The van der Waals surface area contributed by atoms with E-state index in [0.29, 0.717) is 5.92 Å². The molecule has 7 heteroatoms. The summed E-state index contributed by atoms with van der Waals surface area (Å²) in [6, 6.07) is 15.9.